The summed E-state index contributed by atoms with van der Waals surface area (Å²) in [4.78, 5) is 10.5. The summed E-state index contributed by atoms with van der Waals surface area (Å²) in [6, 6.07) is 6.25. The van der Waals surface area contributed by atoms with E-state index in [9.17, 15) is 4.79 Å². The highest BCUT2D eigenvalue weighted by atomic mass is 16.1. The zero-order valence-corrected chi connectivity index (χ0v) is 8.50. The standard InChI is InChI=1S/C12H16O/c1-9(8-13)7-12-6-4-5-10(2)11(12)3/h4-6,8-9H,7H2,1-3H3. The zero-order chi connectivity index (χ0) is 9.84. The molecule has 1 aromatic rings. The minimum absolute atomic E-state index is 0.125. The van der Waals surface area contributed by atoms with Crippen LogP contribution >= 0.6 is 0 Å². The third-order valence-corrected chi connectivity index (χ3v) is 2.49. The molecule has 0 amide bonds. The topological polar surface area (TPSA) is 17.1 Å². The van der Waals surface area contributed by atoms with Crippen molar-refractivity contribution in [1.82, 2.24) is 0 Å². The number of carbonyl (C=O) groups excluding carboxylic acids is 1. The highest BCUT2D eigenvalue weighted by molar-refractivity contribution is 5.54. The van der Waals surface area contributed by atoms with Gasteiger partial charge in [0.15, 0.2) is 0 Å². The molecule has 0 aromatic heterocycles. The van der Waals surface area contributed by atoms with E-state index < -0.39 is 0 Å². The van der Waals surface area contributed by atoms with Crippen LogP contribution in [0.3, 0.4) is 0 Å². The summed E-state index contributed by atoms with van der Waals surface area (Å²) in [6.45, 7) is 6.17. The van der Waals surface area contributed by atoms with Gasteiger partial charge in [-0.15, -0.1) is 0 Å². The van der Waals surface area contributed by atoms with Crippen LogP contribution in [0.15, 0.2) is 18.2 Å². The number of carbonyl (C=O) groups is 1. The van der Waals surface area contributed by atoms with Crippen molar-refractivity contribution in [3.05, 3.63) is 34.9 Å². The molecule has 1 nitrogen and oxygen atoms in total. The molecule has 0 aliphatic rings. The van der Waals surface area contributed by atoms with Crippen molar-refractivity contribution < 1.29 is 4.79 Å². The lowest BCUT2D eigenvalue weighted by atomic mass is 9.96. The molecular formula is C12H16O. The smallest absolute Gasteiger partial charge is 0.123 e. The Bertz CT molecular complexity index is 302. The van der Waals surface area contributed by atoms with E-state index in [4.69, 9.17) is 0 Å². The van der Waals surface area contributed by atoms with Crippen molar-refractivity contribution in [2.75, 3.05) is 0 Å². The first-order valence-electron chi connectivity index (χ1n) is 4.65. The molecule has 0 saturated heterocycles. The molecule has 1 heteroatoms. The van der Waals surface area contributed by atoms with Crippen LogP contribution < -0.4 is 0 Å². The van der Waals surface area contributed by atoms with Gasteiger partial charge in [0.2, 0.25) is 0 Å². The van der Waals surface area contributed by atoms with E-state index in [1.54, 1.807) is 0 Å². The Kier molecular flexibility index (Phi) is 3.24. The van der Waals surface area contributed by atoms with Crippen molar-refractivity contribution >= 4 is 6.29 Å². The third-order valence-electron chi connectivity index (χ3n) is 2.49. The summed E-state index contributed by atoms with van der Waals surface area (Å²) in [5.41, 5.74) is 3.91. The Labute approximate surface area is 79.8 Å². The van der Waals surface area contributed by atoms with Gasteiger partial charge in [-0.05, 0) is 37.0 Å². The fraction of sp³-hybridized carbons (Fsp3) is 0.417. The molecule has 0 aliphatic carbocycles. The Morgan fingerprint density at radius 3 is 2.69 bits per heavy atom. The molecule has 0 saturated carbocycles. The molecule has 0 N–H and O–H groups in total. The molecule has 1 rings (SSSR count). The molecule has 70 valence electrons. The molecule has 0 heterocycles. The lowest BCUT2D eigenvalue weighted by Crippen LogP contribution is -2.02. The van der Waals surface area contributed by atoms with Gasteiger partial charge in [0, 0.05) is 5.92 Å². The van der Waals surface area contributed by atoms with Crippen LogP contribution in [-0.4, -0.2) is 6.29 Å². The SMILES string of the molecule is Cc1cccc(CC(C)C=O)c1C. The second-order valence-corrected chi connectivity index (χ2v) is 3.68. The molecule has 13 heavy (non-hydrogen) atoms. The van der Waals surface area contributed by atoms with E-state index in [2.05, 4.69) is 32.0 Å². The number of rotatable bonds is 3. The van der Waals surface area contributed by atoms with Gasteiger partial charge < -0.3 is 4.79 Å². The minimum Gasteiger partial charge on any atom is -0.303 e. The Balaban J connectivity index is 2.88. The molecule has 0 aliphatic heterocycles. The minimum atomic E-state index is 0.125. The maximum absolute atomic E-state index is 10.5. The van der Waals surface area contributed by atoms with Crippen molar-refractivity contribution in [2.45, 2.75) is 27.2 Å². The first-order valence-corrected chi connectivity index (χ1v) is 4.65. The molecular weight excluding hydrogens is 160 g/mol. The highest BCUT2D eigenvalue weighted by Gasteiger charge is 2.05. The molecule has 1 aromatic carbocycles. The fourth-order valence-corrected chi connectivity index (χ4v) is 1.43. The van der Waals surface area contributed by atoms with Gasteiger partial charge in [0.1, 0.15) is 6.29 Å². The second-order valence-electron chi connectivity index (χ2n) is 3.68. The summed E-state index contributed by atoms with van der Waals surface area (Å²) in [7, 11) is 0. The predicted octanol–water partition coefficient (Wildman–Crippen LogP) is 2.68. The summed E-state index contributed by atoms with van der Waals surface area (Å²) >= 11 is 0. The first-order chi connectivity index (χ1) is 6.15. The third kappa shape index (κ3) is 2.41. The quantitative estimate of drug-likeness (QED) is 0.647. The second kappa shape index (κ2) is 4.22. The molecule has 1 atom stereocenters. The Hall–Kier alpha value is -1.11. The van der Waals surface area contributed by atoms with E-state index in [1.165, 1.54) is 16.7 Å². The van der Waals surface area contributed by atoms with Crippen LogP contribution in [0.25, 0.3) is 0 Å². The average Bonchev–Trinajstić information content (AvgIpc) is 2.13. The van der Waals surface area contributed by atoms with Gasteiger partial charge in [-0.25, -0.2) is 0 Å². The highest BCUT2D eigenvalue weighted by Crippen LogP contribution is 2.15. The zero-order valence-electron chi connectivity index (χ0n) is 8.50. The van der Waals surface area contributed by atoms with Crippen molar-refractivity contribution in [2.24, 2.45) is 5.92 Å². The van der Waals surface area contributed by atoms with Gasteiger partial charge in [-0.3, -0.25) is 0 Å². The van der Waals surface area contributed by atoms with Crippen LogP contribution in [0, 0.1) is 19.8 Å². The number of hydrogen-bond acceptors (Lipinski definition) is 1. The van der Waals surface area contributed by atoms with Gasteiger partial charge in [0.25, 0.3) is 0 Å². The van der Waals surface area contributed by atoms with Gasteiger partial charge >= 0.3 is 0 Å². The molecule has 0 fully saturated rings. The summed E-state index contributed by atoms with van der Waals surface area (Å²) in [5.74, 6) is 0.125. The number of hydrogen-bond donors (Lipinski definition) is 0. The van der Waals surface area contributed by atoms with Gasteiger partial charge in [-0.1, -0.05) is 25.1 Å². The summed E-state index contributed by atoms with van der Waals surface area (Å²) < 4.78 is 0. The average molecular weight is 176 g/mol. The summed E-state index contributed by atoms with van der Waals surface area (Å²) in [5, 5.41) is 0. The van der Waals surface area contributed by atoms with E-state index in [1.807, 2.05) is 6.92 Å². The molecule has 0 bridgehead atoms. The number of aldehydes is 1. The Morgan fingerprint density at radius 1 is 1.38 bits per heavy atom. The van der Waals surface area contributed by atoms with Gasteiger partial charge in [-0.2, -0.15) is 0 Å². The van der Waals surface area contributed by atoms with Gasteiger partial charge in [0.05, 0.1) is 0 Å². The predicted molar refractivity (Wildman–Crippen MR) is 54.8 cm³/mol. The van der Waals surface area contributed by atoms with E-state index >= 15 is 0 Å². The maximum atomic E-state index is 10.5. The normalized spacial score (nSPS) is 12.5. The van der Waals surface area contributed by atoms with Crippen molar-refractivity contribution in [1.29, 1.82) is 0 Å². The van der Waals surface area contributed by atoms with Crippen molar-refractivity contribution in [3.8, 4) is 0 Å². The van der Waals surface area contributed by atoms with Crippen LogP contribution in [0.2, 0.25) is 0 Å². The maximum Gasteiger partial charge on any atom is 0.123 e. The van der Waals surface area contributed by atoms with Crippen LogP contribution in [0.5, 0.6) is 0 Å². The Morgan fingerprint density at radius 2 is 2.08 bits per heavy atom. The van der Waals surface area contributed by atoms with E-state index in [0.717, 1.165) is 12.7 Å². The lowest BCUT2D eigenvalue weighted by Gasteiger charge is -2.09. The fourth-order valence-electron chi connectivity index (χ4n) is 1.43. The lowest BCUT2D eigenvalue weighted by molar-refractivity contribution is -0.110. The molecule has 1 unspecified atom stereocenters. The van der Waals surface area contributed by atoms with Crippen LogP contribution in [-0.2, 0) is 11.2 Å². The van der Waals surface area contributed by atoms with Crippen LogP contribution in [0.1, 0.15) is 23.6 Å². The molecule has 0 spiro atoms. The van der Waals surface area contributed by atoms with E-state index in [0.29, 0.717) is 0 Å². The summed E-state index contributed by atoms with van der Waals surface area (Å²) in [6.07, 6.45) is 1.87. The van der Waals surface area contributed by atoms with Crippen molar-refractivity contribution in [3.63, 3.8) is 0 Å². The monoisotopic (exact) mass is 176 g/mol. The van der Waals surface area contributed by atoms with Crippen LogP contribution in [0.4, 0.5) is 0 Å². The first kappa shape index (κ1) is 9.97. The van der Waals surface area contributed by atoms with E-state index in [-0.39, 0.29) is 5.92 Å². The number of aryl methyl sites for hydroxylation is 1. The number of benzene rings is 1. The largest absolute Gasteiger partial charge is 0.303 e. The molecule has 0 radical (unpaired) electrons.